The van der Waals surface area contributed by atoms with Crippen LogP contribution in [0.3, 0.4) is 0 Å². The molecule has 4 nitrogen and oxygen atoms in total. The molecular formula is C28H29N3O. The highest BCUT2D eigenvalue weighted by atomic mass is 16.2. The third kappa shape index (κ3) is 3.56. The molecule has 1 aliphatic heterocycles. The number of rotatable bonds is 4. The van der Waals surface area contributed by atoms with E-state index in [2.05, 4.69) is 72.9 Å². The number of nitrogens with one attached hydrogen (secondary N) is 1. The summed E-state index contributed by atoms with van der Waals surface area (Å²) in [4.78, 5) is 17.0. The largest absolute Gasteiger partial charge is 0.378 e. The van der Waals surface area contributed by atoms with Crippen molar-refractivity contribution in [2.75, 3.05) is 36.3 Å². The predicted molar refractivity (Wildman–Crippen MR) is 133 cm³/mol. The Morgan fingerprint density at radius 3 is 2.38 bits per heavy atom. The number of fused-ring (bicyclic) bond motifs is 3. The monoisotopic (exact) mass is 423 g/mol. The fourth-order valence-corrected chi connectivity index (χ4v) is 5.00. The molecule has 4 heteroatoms. The Morgan fingerprint density at radius 2 is 1.66 bits per heavy atom. The van der Waals surface area contributed by atoms with Gasteiger partial charge in [-0.3, -0.25) is 4.79 Å². The third-order valence-electron chi connectivity index (χ3n) is 6.83. The van der Waals surface area contributed by atoms with Gasteiger partial charge in [0.1, 0.15) is 0 Å². The van der Waals surface area contributed by atoms with Crippen LogP contribution in [0.1, 0.15) is 39.9 Å². The molecule has 0 saturated heterocycles. The summed E-state index contributed by atoms with van der Waals surface area (Å²) in [5, 5.41) is 3.78. The van der Waals surface area contributed by atoms with Gasteiger partial charge in [-0.25, -0.2) is 0 Å². The maximum absolute atomic E-state index is 13.2. The summed E-state index contributed by atoms with van der Waals surface area (Å²) >= 11 is 0. The van der Waals surface area contributed by atoms with Gasteiger partial charge in [0.25, 0.3) is 5.91 Å². The van der Waals surface area contributed by atoms with E-state index in [1.165, 1.54) is 16.8 Å². The first-order chi connectivity index (χ1) is 15.5. The van der Waals surface area contributed by atoms with Gasteiger partial charge in [-0.05, 0) is 65.9 Å². The van der Waals surface area contributed by atoms with Crippen molar-refractivity contribution in [1.82, 2.24) is 0 Å². The predicted octanol–water partition coefficient (Wildman–Crippen LogP) is 5.86. The Labute approximate surface area is 190 Å². The van der Waals surface area contributed by atoms with Crippen LogP contribution in [0.25, 0.3) is 0 Å². The number of anilines is 3. The molecule has 1 N–H and O–H groups in total. The minimum atomic E-state index is 0.0129. The summed E-state index contributed by atoms with van der Waals surface area (Å²) in [6.45, 7) is 0. The van der Waals surface area contributed by atoms with Gasteiger partial charge >= 0.3 is 0 Å². The first-order valence-corrected chi connectivity index (χ1v) is 11.2. The summed E-state index contributed by atoms with van der Waals surface area (Å²) in [6.07, 6.45) is 5.65. The zero-order valence-corrected chi connectivity index (χ0v) is 18.8. The van der Waals surface area contributed by atoms with E-state index in [1.807, 2.05) is 43.4 Å². The first-order valence-electron chi connectivity index (χ1n) is 11.2. The van der Waals surface area contributed by atoms with Crippen LogP contribution in [0, 0.1) is 5.92 Å². The van der Waals surface area contributed by atoms with Gasteiger partial charge in [-0.1, -0.05) is 42.5 Å². The molecular weight excluding hydrogens is 394 g/mol. The molecule has 1 amide bonds. The average molecular weight is 424 g/mol. The quantitative estimate of drug-likeness (QED) is 0.534. The van der Waals surface area contributed by atoms with Crippen LogP contribution in [-0.2, 0) is 0 Å². The van der Waals surface area contributed by atoms with E-state index in [-0.39, 0.29) is 11.9 Å². The molecule has 0 spiro atoms. The smallest absolute Gasteiger partial charge is 0.258 e. The summed E-state index contributed by atoms with van der Waals surface area (Å²) in [7, 11) is 5.96. The highest BCUT2D eigenvalue weighted by Gasteiger charge is 2.38. The molecule has 0 aromatic heterocycles. The molecule has 0 bridgehead atoms. The normalized spacial score (nSPS) is 20.8. The topological polar surface area (TPSA) is 35.6 Å². The standard InChI is InChI=1S/C28H29N3O/c1-30(2)21-15-12-19(13-16-21)27-24-11-7-10-23(24)25-18-20(14-17-26(25)29-27)28(32)31(3)22-8-5-4-6-9-22/h4-10,12-18,23-24,27,29H,11H2,1-3H3. The summed E-state index contributed by atoms with van der Waals surface area (Å²) < 4.78 is 0. The van der Waals surface area contributed by atoms with Crippen LogP contribution in [0.4, 0.5) is 17.1 Å². The summed E-state index contributed by atoms with van der Waals surface area (Å²) in [5.74, 6) is 0.781. The van der Waals surface area contributed by atoms with E-state index in [1.54, 1.807) is 4.90 Å². The highest BCUT2D eigenvalue weighted by molar-refractivity contribution is 6.06. The van der Waals surface area contributed by atoms with Gasteiger partial charge in [0, 0.05) is 49.7 Å². The van der Waals surface area contributed by atoms with Crippen LogP contribution in [0.15, 0.2) is 84.9 Å². The molecule has 32 heavy (non-hydrogen) atoms. The molecule has 1 heterocycles. The minimum Gasteiger partial charge on any atom is -0.378 e. The molecule has 3 aromatic rings. The van der Waals surface area contributed by atoms with E-state index in [0.717, 1.165) is 23.4 Å². The van der Waals surface area contributed by atoms with E-state index < -0.39 is 0 Å². The number of benzene rings is 3. The zero-order chi connectivity index (χ0) is 22.2. The molecule has 0 saturated carbocycles. The number of hydrogen-bond acceptors (Lipinski definition) is 3. The Kier molecular flexibility index (Phi) is 5.22. The lowest BCUT2D eigenvalue weighted by Gasteiger charge is -2.38. The lowest BCUT2D eigenvalue weighted by Crippen LogP contribution is -2.30. The second-order valence-corrected chi connectivity index (χ2v) is 8.96. The van der Waals surface area contributed by atoms with Gasteiger partial charge in [0.15, 0.2) is 0 Å². The second-order valence-electron chi connectivity index (χ2n) is 8.96. The lowest BCUT2D eigenvalue weighted by atomic mass is 9.76. The third-order valence-corrected chi connectivity index (χ3v) is 6.83. The van der Waals surface area contributed by atoms with Crippen molar-refractivity contribution in [2.45, 2.75) is 18.4 Å². The minimum absolute atomic E-state index is 0.0129. The van der Waals surface area contributed by atoms with Crippen LogP contribution in [0.5, 0.6) is 0 Å². The summed E-state index contributed by atoms with van der Waals surface area (Å²) in [6, 6.07) is 25.0. The Balaban J connectivity index is 1.45. The van der Waals surface area contributed by atoms with E-state index in [0.29, 0.717) is 11.8 Å². The van der Waals surface area contributed by atoms with Gasteiger partial charge in [0.05, 0.1) is 6.04 Å². The molecule has 3 unspecified atom stereocenters. The molecule has 0 fully saturated rings. The Hall–Kier alpha value is -3.53. The number of para-hydroxylation sites is 1. The second kappa shape index (κ2) is 8.19. The first kappa shape index (κ1) is 20.4. The van der Waals surface area contributed by atoms with Crippen molar-refractivity contribution in [2.24, 2.45) is 5.92 Å². The number of nitrogens with zero attached hydrogens (tertiary/aromatic N) is 2. The van der Waals surface area contributed by atoms with Crippen molar-refractivity contribution in [3.8, 4) is 0 Å². The van der Waals surface area contributed by atoms with Crippen LogP contribution >= 0.6 is 0 Å². The maximum Gasteiger partial charge on any atom is 0.258 e. The average Bonchev–Trinajstić information content (AvgIpc) is 3.33. The van der Waals surface area contributed by atoms with Gasteiger partial charge in [0.2, 0.25) is 0 Å². The van der Waals surface area contributed by atoms with Gasteiger partial charge < -0.3 is 15.1 Å². The number of allylic oxidation sites excluding steroid dienone is 2. The molecule has 1 aliphatic carbocycles. The fraction of sp³-hybridized carbons (Fsp3) is 0.250. The molecule has 5 rings (SSSR count). The van der Waals surface area contributed by atoms with Crippen LogP contribution < -0.4 is 15.1 Å². The number of carbonyl (C=O) groups excluding carboxylic acids is 1. The maximum atomic E-state index is 13.2. The number of carbonyl (C=O) groups is 1. The van der Waals surface area contributed by atoms with Crippen molar-refractivity contribution in [1.29, 1.82) is 0 Å². The van der Waals surface area contributed by atoms with E-state index in [4.69, 9.17) is 0 Å². The lowest BCUT2D eigenvalue weighted by molar-refractivity contribution is 0.0993. The van der Waals surface area contributed by atoms with Gasteiger partial charge in [-0.2, -0.15) is 0 Å². The summed E-state index contributed by atoms with van der Waals surface area (Å²) in [5.41, 5.74) is 6.48. The van der Waals surface area contributed by atoms with Crippen molar-refractivity contribution >= 4 is 23.0 Å². The fourth-order valence-electron chi connectivity index (χ4n) is 5.00. The van der Waals surface area contributed by atoms with Crippen LogP contribution in [0.2, 0.25) is 0 Å². The molecule has 3 aromatic carbocycles. The van der Waals surface area contributed by atoms with Crippen molar-refractivity contribution < 1.29 is 4.79 Å². The van der Waals surface area contributed by atoms with Crippen LogP contribution in [-0.4, -0.2) is 27.1 Å². The van der Waals surface area contributed by atoms with Crippen molar-refractivity contribution in [3.05, 3.63) is 102 Å². The number of hydrogen-bond donors (Lipinski definition) is 1. The molecule has 0 radical (unpaired) electrons. The Morgan fingerprint density at radius 1 is 0.906 bits per heavy atom. The molecule has 162 valence electrons. The van der Waals surface area contributed by atoms with E-state index in [9.17, 15) is 4.79 Å². The highest BCUT2D eigenvalue weighted by Crippen LogP contribution is 2.50. The van der Waals surface area contributed by atoms with Gasteiger partial charge in [-0.15, -0.1) is 0 Å². The molecule has 3 atom stereocenters. The SMILES string of the molecule is CN(C)c1ccc(C2Nc3ccc(C(=O)N(C)c4ccccc4)cc3C3C=CCC32)cc1. The van der Waals surface area contributed by atoms with E-state index >= 15 is 0 Å². The Bertz CT molecular complexity index is 1150. The molecule has 2 aliphatic rings. The zero-order valence-electron chi connectivity index (χ0n) is 18.8. The number of amides is 1. The van der Waals surface area contributed by atoms with Crippen molar-refractivity contribution in [3.63, 3.8) is 0 Å².